The molecule has 0 bridgehead atoms. The van der Waals surface area contributed by atoms with Crippen LogP contribution >= 0.6 is 0 Å². The van der Waals surface area contributed by atoms with Crippen molar-refractivity contribution in [1.82, 2.24) is 25.1 Å². The van der Waals surface area contributed by atoms with E-state index in [0.29, 0.717) is 0 Å². The van der Waals surface area contributed by atoms with E-state index in [1.807, 2.05) is 55.5 Å². The van der Waals surface area contributed by atoms with E-state index in [0.717, 1.165) is 59.9 Å². The van der Waals surface area contributed by atoms with Crippen LogP contribution < -0.4 is 10.2 Å². The first-order valence-corrected chi connectivity index (χ1v) is 12.2. The third-order valence-corrected chi connectivity index (χ3v) is 7.02. The Labute approximate surface area is 205 Å². The van der Waals surface area contributed by atoms with E-state index in [2.05, 4.69) is 33.9 Å². The number of amides is 3. The predicted molar refractivity (Wildman–Crippen MR) is 136 cm³/mol. The van der Waals surface area contributed by atoms with E-state index >= 15 is 0 Å². The third-order valence-electron chi connectivity index (χ3n) is 7.02. The highest BCUT2D eigenvalue weighted by Gasteiger charge is 2.50. The molecule has 182 valence electrons. The highest BCUT2D eigenvalue weighted by atomic mass is 16.2. The van der Waals surface area contributed by atoms with E-state index in [4.69, 9.17) is 4.98 Å². The SMILES string of the molecule is Cc1cc(N2CCN(CN3C(=O)N[C@@](C)(c4cccc5ccccc45)C3=O)CC2)nc(C(C)C)n1. The lowest BCUT2D eigenvalue weighted by Gasteiger charge is -2.36. The van der Waals surface area contributed by atoms with Gasteiger partial charge in [0.05, 0.1) is 6.67 Å². The second-order valence-electron chi connectivity index (χ2n) is 9.94. The van der Waals surface area contributed by atoms with Crippen LogP contribution in [0.15, 0.2) is 48.5 Å². The summed E-state index contributed by atoms with van der Waals surface area (Å²) in [5.74, 6) is 1.86. The van der Waals surface area contributed by atoms with Crippen LogP contribution in [-0.2, 0) is 10.3 Å². The van der Waals surface area contributed by atoms with Crippen LogP contribution in [0.25, 0.3) is 10.8 Å². The van der Waals surface area contributed by atoms with Gasteiger partial charge in [-0.1, -0.05) is 56.3 Å². The number of imide groups is 1. The summed E-state index contributed by atoms with van der Waals surface area (Å²) in [5.41, 5.74) is 0.695. The monoisotopic (exact) mass is 472 g/mol. The van der Waals surface area contributed by atoms with Gasteiger partial charge in [-0.05, 0) is 30.2 Å². The van der Waals surface area contributed by atoms with Gasteiger partial charge in [0.15, 0.2) is 0 Å². The molecule has 2 aliphatic heterocycles. The average molecular weight is 473 g/mol. The molecule has 35 heavy (non-hydrogen) atoms. The quantitative estimate of drug-likeness (QED) is 0.572. The molecule has 3 heterocycles. The fraction of sp³-hybridized carbons (Fsp3) is 0.407. The first-order valence-electron chi connectivity index (χ1n) is 12.2. The van der Waals surface area contributed by atoms with Crippen molar-refractivity contribution in [3.8, 4) is 0 Å². The molecule has 5 rings (SSSR count). The Kier molecular flexibility index (Phi) is 5.92. The maximum Gasteiger partial charge on any atom is 0.326 e. The number of hydrogen-bond acceptors (Lipinski definition) is 6. The van der Waals surface area contributed by atoms with Crippen LogP contribution in [-0.4, -0.2) is 64.6 Å². The molecule has 8 nitrogen and oxygen atoms in total. The Morgan fingerprint density at radius 3 is 2.46 bits per heavy atom. The fourth-order valence-corrected chi connectivity index (χ4v) is 4.98. The number of carbonyl (C=O) groups is 2. The molecule has 8 heteroatoms. The molecule has 0 saturated carbocycles. The lowest BCUT2D eigenvalue weighted by atomic mass is 9.88. The first-order chi connectivity index (χ1) is 16.8. The van der Waals surface area contributed by atoms with E-state index < -0.39 is 5.54 Å². The van der Waals surface area contributed by atoms with Gasteiger partial charge < -0.3 is 10.2 Å². The Morgan fingerprint density at radius 1 is 1.00 bits per heavy atom. The second kappa shape index (κ2) is 8.92. The lowest BCUT2D eigenvalue weighted by Crippen LogP contribution is -2.52. The summed E-state index contributed by atoms with van der Waals surface area (Å²) < 4.78 is 0. The number of piperazine rings is 1. The lowest BCUT2D eigenvalue weighted by molar-refractivity contribution is -0.132. The van der Waals surface area contributed by atoms with Crippen LogP contribution in [0, 0.1) is 6.92 Å². The smallest absolute Gasteiger partial charge is 0.326 e. The number of benzene rings is 2. The van der Waals surface area contributed by atoms with Crippen LogP contribution in [0.3, 0.4) is 0 Å². The molecule has 0 unspecified atom stereocenters. The summed E-state index contributed by atoms with van der Waals surface area (Å²) in [7, 11) is 0. The van der Waals surface area contributed by atoms with E-state index in [1.165, 1.54) is 4.90 Å². The van der Waals surface area contributed by atoms with Gasteiger partial charge in [0, 0.05) is 43.9 Å². The zero-order valence-corrected chi connectivity index (χ0v) is 20.8. The molecule has 2 saturated heterocycles. The molecule has 1 N–H and O–H groups in total. The standard InChI is InChI=1S/C27H32N6O2/c1-18(2)24-28-19(3)16-23(29-24)32-14-12-31(13-15-32)17-33-25(34)27(4,30-26(33)35)22-11-7-9-20-8-5-6-10-21(20)22/h5-11,16,18H,12-15,17H2,1-4H3,(H,30,35)/t27-/m0/s1. The summed E-state index contributed by atoms with van der Waals surface area (Å²) in [6, 6.07) is 15.5. The minimum absolute atomic E-state index is 0.214. The Morgan fingerprint density at radius 2 is 1.71 bits per heavy atom. The van der Waals surface area contributed by atoms with E-state index in [-0.39, 0.29) is 24.5 Å². The minimum atomic E-state index is -1.09. The number of aryl methyl sites for hydroxylation is 1. The zero-order chi connectivity index (χ0) is 24.7. The average Bonchev–Trinajstić information content (AvgIpc) is 3.07. The Balaban J connectivity index is 1.29. The number of nitrogens with one attached hydrogen (secondary N) is 1. The van der Waals surface area contributed by atoms with Gasteiger partial charge in [-0.3, -0.25) is 9.69 Å². The van der Waals surface area contributed by atoms with Crippen molar-refractivity contribution in [3.05, 3.63) is 65.6 Å². The molecule has 1 aromatic heterocycles. The van der Waals surface area contributed by atoms with Crippen LogP contribution in [0.1, 0.15) is 43.8 Å². The highest BCUT2D eigenvalue weighted by molar-refractivity contribution is 6.09. The normalized spacial score (nSPS) is 21.3. The summed E-state index contributed by atoms with van der Waals surface area (Å²) in [6.07, 6.45) is 0. The van der Waals surface area contributed by atoms with Gasteiger partial charge in [0.1, 0.15) is 17.2 Å². The molecular formula is C27H32N6O2. The minimum Gasteiger partial charge on any atom is -0.354 e. The van der Waals surface area contributed by atoms with E-state index in [1.54, 1.807) is 6.92 Å². The maximum atomic E-state index is 13.6. The number of carbonyl (C=O) groups excluding carboxylic acids is 2. The maximum absolute atomic E-state index is 13.6. The van der Waals surface area contributed by atoms with Crippen molar-refractivity contribution in [1.29, 1.82) is 0 Å². The topological polar surface area (TPSA) is 81.7 Å². The zero-order valence-electron chi connectivity index (χ0n) is 20.8. The number of urea groups is 1. The third kappa shape index (κ3) is 4.23. The van der Waals surface area contributed by atoms with Crippen molar-refractivity contribution < 1.29 is 9.59 Å². The van der Waals surface area contributed by atoms with Crippen LogP contribution in [0.5, 0.6) is 0 Å². The summed E-state index contributed by atoms with van der Waals surface area (Å²) in [5, 5.41) is 4.99. The number of nitrogens with zero attached hydrogens (tertiary/aromatic N) is 5. The molecular weight excluding hydrogens is 440 g/mol. The molecule has 0 spiro atoms. The highest BCUT2D eigenvalue weighted by Crippen LogP contribution is 2.34. The molecule has 2 aliphatic rings. The van der Waals surface area contributed by atoms with Crippen molar-refractivity contribution >= 4 is 28.5 Å². The summed E-state index contributed by atoms with van der Waals surface area (Å²) in [4.78, 5) is 41.6. The van der Waals surface area contributed by atoms with Gasteiger partial charge in [-0.15, -0.1) is 0 Å². The van der Waals surface area contributed by atoms with Crippen molar-refractivity contribution in [2.24, 2.45) is 0 Å². The van der Waals surface area contributed by atoms with Gasteiger partial charge in [0.25, 0.3) is 5.91 Å². The number of hydrogen-bond donors (Lipinski definition) is 1. The van der Waals surface area contributed by atoms with Gasteiger partial charge in [-0.2, -0.15) is 0 Å². The number of fused-ring (bicyclic) bond motifs is 1. The number of rotatable bonds is 5. The number of anilines is 1. The van der Waals surface area contributed by atoms with E-state index in [9.17, 15) is 9.59 Å². The Bertz CT molecular complexity index is 1280. The molecule has 1 atom stereocenters. The van der Waals surface area contributed by atoms with Crippen LogP contribution in [0.4, 0.5) is 10.6 Å². The second-order valence-corrected chi connectivity index (χ2v) is 9.94. The van der Waals surface area contributed by atoms with Gasteiger partial charge >= 0.3 is 6.03 Å². The molecule has 2 fully saturated rings. The van der Waals surface area contributed by atoms with Gasteiger partial charge in [0.2, 0.25) is 0 Å². The van der Waals surface area contributed by atoms with Gasteiger partial charge in [-0.25, -0.2) is 19.7 Å². The molecule has 0 radical (unpaired) electrons. The molecule has 0 aliphatic carbocycles. The molecule has 3 amide bonds. The molecule has 3 aromatic rings. The van der Waals surface area contributed by atoms with Crippen molar-refractivity contribution in [3.63, 3.8) is 0 Å². The first kappa shape index (κ1) is 23.2. The number of aromatic nitrogens is 2. The largest absolute Gasteiger partial charge is 0.354 e. The van der Waals surface area contributed by atoms with Crippen molar-refractivity contribution in [2.45, 2.75) is 39.2 Å². The summed E-state index contributed by atoms with van der Waals surface area (Å²) >= 11 is 0. The predicted octanol–water partition coefficient (Wildman–Crippen LogP) is 3.61. The van der Waals surface area contributed by atoms with Crippen molar-refractivity contribution in [2.75, 3.05) is 37.7 Å². The fourth-order valence-electron chi connectivity index (χ4n) is 4.98. The summed E-state index contributed by atoms with van der Waals surface area (Å²) in [6.45, 7) is 11.3. The Hall–Kier alpha value is -3.52. The molecule has 2 aromatic carbocycles. The van der Waals surface area contributed by atoms with Crippen LogP contribution in [0.2, 0.25) is 0 Å².